The lowest BCUT2D eigenvalue weighted by molar-refractivity contribution is -0.251. The van der Waals surface area contributed by atoms with E-state index in [1.807, 2.05) is 24.3 Å². The Morgan fingerprint density at radius 1 is 1.11 bits per heavy atom. The molecule has 0 bridgehead atoms. The molecular weight excluding hydrogens is 358 g/mol. The van der Waals surface area contributed by atoms with Crippen LogP contribution >= 0.6 is 0 Å². The van der Waals surface area contributed by atoms with E-state index in [1.54, 1.807) is 0 Å². The van der Waals surface area contributed by atoms with Crippen molar-refractivity contribution in [3.05, 3.63) is 29.8 Å². The average Bonchev–Trinajstić information content (AvgIpc) is 2.69. The second-order valence-corrected chi connectivity index (χ2v) is 8.05. The summed E-state index contributed by atoms with van der Waals surface area (Å²) in [5.41, 5.74) is 0.649. The molecule has 7 heteroatoms. The maximum atomic E-state index is 12.9. The van der Waals surface area contributed by atoms with E-state index in [0.29, 0.717) is 31.1 Å². The first-order valence-corrected chi connectivity index (χ1v) is 10.3. The van der Waals surface area contributed by atoms with E-state index < -0.39 is 5.79 Å². The number of ketones is 1. The van der Waals surface area contributed by atoms with E-state index in [9.17, 15) is 4.79 Å². The number of ether oxygens (including phenoxy) is 3. The molecule has 0 saturated carbocycles. The first-order chi connectivity index (χ1) is 13.5. The predicted octanol–water partition coefficient (Wildman–Crippen LogP) is 1.29. The third-order valence-corrected chi connectivity index (χ3v) is 5.92. The van der Waals surface area contributed by atoms with Crippen molar-refractivity contribution in [1.29, 1.82) is 0 Å². The van der Waals surface area contributed by atoms with Gasteiger partial charge in [-0.25, -0.2) is 0 Å². The lowest BCUT2D eigenvalue weighted by Gasteiger charge is -2.45. The summed E-state index contributed by atoms with van der Waals surface area (Å²) in [6, 6.07) is 7.48. The molecule has 2 fully saturated rings. The number of para-hydroxylation sites is 1. The summed E-state index contributed by atoms with van der Waals surface area (Å²) in [7, 11) is 2.14. The van der Waals surface area contributed by atoms with Crippen LogP contribution < -0.4 is 4.74 Å². The molecule has 0 N–H and O–H groups in total. The van der Waals surface area contributed by atoms with Gasteiger partial charge in [0.25, 0.3) is 0 Å². The van der Waals surface area contributed by atoms with Gasteiger partial charge in [-0.1, -0.05) is 12.1 Å². The van der Waals surface area contributed by atoms with Gasteiger partial charge in [0, 0.05) is 39.3 Å². The summed E-state index contributed by atoms with van der Waals surface area (Å²) in [6.45, 7) is 9.64. The average molecular weight is 389 g/mol. The van der Waals surface area contributed by atoms with Crippen LogP contribution in [0.3, 0.4) is 0 Å². The van der Waals surface area contributed by atoms with Crippen molar-refractivity contribution in [1.82, 2.24) is 14.7 Å². The van der Waals surface area contributed by atoms with E-state index in [1.165, 1.54) is 0 Å². The van der Waals surface area contributed by atoms with Gasteiger partial charge in [0.1, 0.15) is 12.0 Å². The molecule has 2 unspecified atom stereocenters. The number of hydrogen-bond donors (Lipinski definition) is 0. The molecule has 0 aromatic heterocycles. The largest absolute Gasteiger partial charge is 0.460 e. The van der Waals surface area contributed by atoms with Crippen molar-refractivity contribution in [2.24, 2.45) is 0 Å². The van der Waals surface area contributed by atoms with Crippen LogP contribution in [0, 0.1) is 0 Å². The van der Waals surface area contributed by atoms with Crippen molar-refractivity contribution in [2.45, 2.75) is 25.4 Å². The summed E-state index contributed by atoms with van der Waals surface area (Å²) in [5, 5.41) is 0. The highest BCUT2D eigenvalue weighted by Gasteiger charge is 2.45. The van der Waals surface area contributed by atoms with Crippen molar-refractivity contribution >= 4 is 5.78 Å². The van der Waals surface area contributed by atoms with E-state index in [2.05, 4.69) is 28.7 Å². The number of nitrogens with zero attached hydrogens (tertiary/aromatic N) is 3. The van der Waals surface area contributed by atoms with E-state index >= 15 is 0 Å². The van der Waals surface area contributed by atoms with Crippen molar-refractivity contribution < 1.29 is 19.0 Å². The molecule has 0 radical (unpaired) electrons. The Kier molecular flexibility index (Phi) is 5.99. The Hall–Kier alpha value is -1.51. The first kappa shape index (κ1) is 19.8. The standard InChI is InChI=1S/C21H31N3O4/c1-17(24-9-7-22(2)8-10-24)27-21(16-23-11-13-26-14-12-23)15-19(25)18-5-3-4-6-20(18)28-21/h3-6,17H,7-16H2,1-2H3. The zero-order valence-electron chi connectivity index (χ0n) is 16.9. The van der Waals surface area contributed by atoms with Gasteiger partial charge in [-0.05, 0) is 26.1 Å². The van der Waals surface area contributed by atoms with Crippen LogP contribution in [0.4, 0.5) is 0 Å². The number of piperazine rings is 1. The zero-order valence-corrected chi connectivity index (χ0v) is 16.9. The fourth-order valence-electron chi connectivity index (χ4n) is 4.22. The number of rotatable bonds is 5. The minimum absolute atomic E-state index is 0.0840. The number of morpholine rings is 1. The fraction of sp³-hybridized carbons (Fsp3) is 0.667. The Bertz CT molecular complexity index is 686. The van der Waals surface area contributed by atoms with Crippen LogP contribution in [0.1, 0.15) is 23.7 Å². The molecule has 28 heavy (non-hydrogen) atoms. The smallest absolute Gasteiger partial charge is 0.232 e. The molecule has 4 rings (SSSR count). The van der Waals surface area contributed by atoms with E-state index in [0.717, 1.165) is 39.3 Å². The fourth-order valence-corrected chi connectivity index (χ4v) is 4.22. The monoisotopic (exact) mass is 389 g/mol. The van der Waals surface area contributed by atoms with Gasteiger partial charge < -0.3 is 19.1 Å². The van der Waals surface area contributed by atoms with E-state index in [-0.39, 0.29) is 18.4 Å². The number of carbonyl (C=O) groups excluding carboxylic acids is 1. The summed E-state index contributed by atoms with van der Waals surface area (Å²) in [6.07, 6.45) is 0.118. The van der Waals surface area contributed by atoms with Crippen LogP contribution in [0.5, 0.6) is 5.75 Å². The van der Waals surface area contributed by atoms with Crippen molar-refractivity contribution in [2.75, 3.05) is 66.1 Å². The number of carbonyl (C=O) groups is 1. The Labute approximate surface area is 167 Å². The quantitative estimate of drug-likeness (QED) is 0.752. The topological polar surface area (TPSA) is 54.5 Å². The number of fused-ring (bicyclic) bond motifs is 1. The molecule has 0 spiro atoms. The molecule has 0 amide bonds. The summed E-state index contributed by atoms with van der Waals surface area (Å²) in [4.78, 5) is 19.9. The predicted molar refractivity (Wildman–Crippen MR) is 106 cm³/mol. The third kappa shape index (κ3) is 4.39. The molecular formula is C21H31N3O4. The molecule has 2 atom stereocenters. The number of likely N-dealkylation sites (N-methyl/N-ethyl adjacent to an activating group) is 1. The maximum Gasteiger partial charge on any atom is 0.232 e. The molecule has 7 nitrogen and oxygen atoms in total. The van der Waals surface area contributed by atoms with Gasteiger partial charge in [0.05, 0.1) is 31.7 Å². The van der Waals surface area contributed by atoms with Crippen LogP contribution in [-0.4, -0.2) is 98.6 Å². The normalized spacial score (nSPS) is 28.6. The number of Topliss-reactive ketones (excluding diaryl/α,β-unsaturated/α-hetero) is 1. The minimum Gasteiger partial charge on any atom is -0.460 e. The highest BCUT2D eigenvalue weighted by molar-refractivity contribution is 6.00. The lowest BCUT2D eigenvalue weighted by Crippen LogP contribution is -2.59. The second-order valence-electron chi connectivity index (χ2n) is 8.05. The van der Waals surface area contributed by atoms with Gasteiger partial charge in [-0.15, -0.1) is 0 Å². The minimum atomic E-state index is -0.967. The Morgan fingerprint density at radius 3 is 2.57 bits per heavy atom. The van der Waals surface area contributed by atoms with Crippen LogP contribution in [0.25, 0.3) is 0 Å². The molecule has 0 aliphatic carbocycles. The van der Waals surface area contributed by atoms with Gasteiger partial charge in [-0.3, -0.25) is 14.6 Å². The SMILES string of the molecule is CC(OC1(CN2CCOCC2)CC(=O)c2ccccc2O1)N1CCN(C)CC1. The Morgan fingerprint density at radius 2 is 1.82 bits per heavy atom. The Balaban J connectivity index is 1.54. The van der Waals surface area contributed by atoms with Gasteiger partial charge in [0.2, 0.25) is 5.79 Å². The number of hydrogen-bond acceptors (Lipinski definition) is 7. The molecule has 3 heterocycles. The van der Waals surface area contributed by atoms with Crippen molar-refractivity contribution in [3.63, 3.8) is 0 Å². The third-order valence-electron chi connectivity index (χ3n) is 5.92. The van der Waals surface area contributed by atoms with Crippen molar-refractivity contribution in [3.8, 4) is 5.75 Å². The lowest BCUT2D eigenvalue weighted by atomic mass is 9.97. The summed E-state index contributed by atoms with van der Waals surface area (Å²) >= 11 is 0. The van der Waals surface area contributed by atoms with Crippen LogP contribution in [-0.2, 0) is 9.47 Å². The highest BCUT2D eigenvalue weighted by Crippen LogP contribution is 2.36. The molecule has 3 aliphatic heterocycles. The molecule has 154 valence electrons. The summed E-state index contributed by atoms with van der Waals surface area (Å²) in [5.74, 6) is -0.260. The summed E-state index contributed by atoms with van der Waals surface area (Å²) < 4.78 is 18.5. The first-order valence-electron chi connectivity index (χ1n) is 10.3. The van der Waals surface area contributed by atoms with Crippen LogP contribution in [0.15, 0.2) is 24.3 Å². The molecule has 1 aromatic rings. The van der Waals surface area contributed by atoms with Crippen LogP contribution in [0.2, 0.25) is 0 Å². The van der Waals surface area contributed by atoms with Gasteiger partial charge in [0.15, 0.2) is 5.78 Å². The zero-order chi connectivity index (χ0) is 19.6. The van der Waals surface area contributed by atoms with E-state index in [4.69, 9.17) is 14.2 Å². The molecule has 2 saturated heterocycles. The van der Waals surface area contributed by atoms with Gasteiger partial charge in [-0.2, -0.15) is 0 Å². The second kappa shape index (κ2) is 8.47. The molecule has 3 aliphatic rings. The number of benzene rings is 1. The highest BCUT2D eigenvalue weighted by atomic mass is 16.7. The van der Waals surface area contributed by atoms with Gasteiger partial charge >= 0.3 is 0 Å². The molecule has 1 aromatic carbocycles. The maximum absolute atomic E-state index is 12.9.